The number of methoxy groups -OCH3 is 1. The molecule has 1 atom stereocenters. The van der Waals surface area contributed by atoms with Gasteiger partial charge in [-0.05, 0) is 12.8 Å². The summed E-state index contributed by atoms with van der Waals surface area (Å²) in [5.41, 5.74) is 0. The Kier molecular flexibility index (Phi) is 18.4. The lowest BCUT2D eigenvalue weighted by atomic mass is 9.94. The topological polar surface area (TPSA) is 26.3 Å². The number of unbranched alkanes of at least 4 members (excludes halogenated alkanes) is 13. The van der Waals surface area contributed by atoms with Gasteiger partial charge < -0.3 is 4.74 Å². The molecule has 0 aromatic rings. The summed E-state index contributed by atoms with van der Waals surface area (Å²) in [5, 5.41) is 0. The first-order valence-electron chi connectivity index (χ1n) is 10.8. The minimum atomic E-state index is 0.0175. The lowest BCUT2D eigenvalue weighted by Gasteiger charge is -2.14. The Balaban J connectivity index is 3.65. The number of carbonyl (C=O) groups excluding carboxylic acids is 1. The summed E-state index contributed by atoms with van der Waals surface area (Å²) in [6.07, 6.45) is 21.8. The standard InChI is InChI=1S/C22H44O2/c1-4-6-8-10-12-14-16-18-20-21(22(23)24-3)19-17-15-13-11-9-7-5-2/h21H,4-20H2,1-3H3. The van der Waals surface area contributed by atoms with Gasteiger partial charge in [-0.25, -0.2) is 0 Å². The molecule has 1 unspecified atom stereocenters. The fourth-order valence-corrected chi connectivity index (χ4v) is 3.42. The van der Waals surface area contributed by atoms with Crippen molar-refractivity contribution >= 4 is 5.97 Å². The van der Waals surface area contributed by atoms with Gasteiger partial charge in [0.1, 0.15) is 0 Å². The van der Waals surface area contributed by atoms with Crippen LogP contribution >= 0.6 is 0 Å². The molecule has 0 saturated carbocycles. The van der Waals surface area contributed by atoms with E-state index in [4.69, 9.17) is 4.74 Å². The van der Waals surface area contributed by atoms with Gasteiger partial charge in [0.2, 0.25) is 0 Å². The van der Waals surface area contributed by atoms with Crippen LogP contribution in [0.3, 0.4) is 0 Å². The van der Waals surface area contributed by atoms with Gasteiger partial charge in [0, 0.05) is 0 Å². The Labute approximate surface area is 152 Å². The molecule has 0 aromatic heterocycles. The third-order valence-electron chi connectivity index (χ3n) is 5.10. The van der Waals surface area contributed by atoms with Gasteiger partial charge in [-0.2, -0.15) is 0 Å². The maximum Gasteiger partial charge on any atom is 0.308 e. The van der Waals surface area contributed by atoms with Crippen molar-refractivity contribution in [3.05, 3.63) is 0 Å². The molecule has 0 saturated heterocycles. The van der Waals surface area contributed by atoms with Crippen molar-refractivity contribution in [3.63, 3.8) is 0 Å². The molecule has 0 spiro atoms. The van der Waals surface area contributed by atoms with Gasteiger partial charge in [0.15, 0.2) is 0 Å². The Morgan fingerprint density at radius 2 is 0.958 bits per heavy atom. The van der Waals surface area contributed by atoms with E-state index in [9.17, 15) is 4.79 Å². The number of ether oxygens (including phenoxy) is 1. The first-order valence-corrected chi connectivity index (χ1v) is 10.8. The van der Waals surface area contributed by atoms with Crippen molar-refractivity contribution in [2.75, 3.05) is 7.11 Å². The largest absolute Gasteiger partial charge is 0.469 e. The predicted octanol–water partition coefficient (Wildman–Crippen LogP) is 7.45. The van der Waals surface area contributed by atoms with Crippen LogP contribution in [-0.2, 0) is 9.53 Å². The molecule has 0 amide bonds. The van der Waals surface area contributed by atoms with Crippen LogP contribution in [0.5, 0.6) is 0 Å². The number of rotatable bonds is 18. The number of esters is 1. The third-order valence-corrected chi connectivity index (χ3v) is 5.10. The zero-order valence-corrected chi connectivity index (χ0v) is 16.9. The van der Waals surface area contributed by atoms with E-state index in [1.54, 1.807) is 0 Å². The first kappa shape index (κ1) is 23.5. The average molecular weight is 341 g/mol. The zero-order chi connectivity index (χ0) is 17.9. The molecular formula is C22H44O2. The van der Waals surface area contributed by atoms with Gasteiger partial charge in [0.05, 0.1) is 13.0 Å². The molecule has 0 bridgehead atoms. The summed E-state index contributed by atoms with van der Waals surface area (Å²) in [6, 6.07) is 0. The molecule has 0 radical (unpaired) electrons. The van der Waals surface area contributed by atoms with E-state index < -0.39 is 0 Å². The Hall–Kier alpha value is -0.530. The molecule has 0 fully saturated rings. The molecule has 0 heterocycles. The highest BCUT2D eigenvalue weighted by molar-refractivity contribution is 5.72. The monoisotopic (exact) mass is 340 g/mol. The zero-order valence-electron chi connectivity index (χ0n) is 16.9. The molecule has 0 aliphatic rings. The smallest absolute Gasteiger partial charge is 0.308 e. The fraction of sp³-hybridized carbons (Fsp3) is 0.955. The summed E-state index contributed by atoms with van der Waals surface area (Å²) >= 11 is 0. The van der Waals surface area contributed by atoms with Crippen molar-refractivity contribution in [3.8, 4) is 0 Å². The van der Waals surface area contributed by atoms with Gasteiger partial charge >= 0.3 is 5.97 Å². The average Bonchev–Trinajstić information content (AvgIpc) is 2.60. The van der Waals surface area contributed by atoms with Gasteiger partial charge in [0.25, 0.3) is 0 Å². The summed E-state index contributed by atoms with van der Waals surface area (Å²) in [4.78, 5) is 11.9. The summed E-state index contributed by atoms with van der Waals surface area (Å²) < 4.78 is 5.01. The summed E-state index contributed by atoms with van der Waals surface area (Å²) in [6.45, 7) is 4.52. The van der Waals surface area contributed by atoms with E-state index >= 15 is 0 Å². The minimum Gasteiger partial charge on any atom is -0.469 e. The minimum absolute atomic E-state index is 0.0175. The third kappa shape index (κ3) is 15.0. The van der Waals surface area contributed by atoms with Gasteiger partial charge in [-0.15, -0.1) is 0 Å². The van der Waals surface area contributed by atoms with Gasteiger partial charge in [-0.3, -0.25) is 4.79 Å². The molecule has 0 rings (SSSR count). The molecule has 144 valence electrons. The van der Waals surface area contributed by atoms with E-state index in [1.807, 2.05) is 0 Å². The van der Waals surface area contributed by atoms with Crippen molar-refractivity contribution in [1.29, 1.82) is 0 Å². The van der Waals surface area contributed by atoms with E-state index in [1.165, 1.54) is 103 Å². The molecule has 24 heavy (non-hydrogen) atoms. The molecule has 0 N–H and O–H groups in total. The second-order valence-corrected chi connectivity index (χ2v) is 7.39. The van der Waals surface area contributed by atoms with Crippen molar-refractivity contribution in [2.24, 2.45) is 5.92 Å². The quantitative estimate of drug-likeness (QED) is 0.191. The molecule has 2 nitrogen and oxygen atoms in total. The van der Waals surface area contributed by atoms with Crippen LogP contribution < -0.4 is 0 Å². The Morgan fingerprint density at radius 1 is 0.625 bits per heavy atom. The van der Waals surface area contributed by atoms with Crippen LogP contribution in [-0.4, -0.2) is 13.1 Å². The Bertz CT molecular complexity index is 263. The van der Waals surface area contributed by atoms with Crippen LogP contribution in [0.1, 0.15) is 123 Å². The highest BCUT2D eigenvalue weighted by atomic mass is 16.5. The fourth-order valence-electron chi connectivity index (χ4n) is 3.42. The summed E-state index contributed by atoms with van der Waals surface area (Å²) in [7, 11) is 1.54. The van der Waals surface area contributed by atoms with Crippen molar-refractivity contribution in [1.82, 2.24) is 0 Å². The number of hydrogen-bond donors (Lipinski definition) is 0. The highest BCUT2D eigenvalue weighted by Gasteiger charge is 2.17. The molecule has 0 aliphatic carbocycles. The van der Waals surface area contributed by atoms with Crippen LogP contribution in [0.15, 0.2) is 0 Å². The molecule has 0 aromatic carbocycles. The van der Waals surface area contributed by atoms with Crippen LogP contribution in [0, 0.1) is 5.92 Å². The van der Waals surface area contributed by atoms with Crippen molar-refractivity contribution in [2.45, 2.75) is 123 Å². The molecule has 2 heteroatoms. The number of hydrogen-bond acceptors (Lipinski definition) is 2. The lowest BCUT2D eigenvalue weighted by Crippen LogP contribution is -2.16. The second kappa shape index (κ2) is 18.8. The maximum atomic E-state index is 11.9. The van der Waals surface area contributed by atoms with E-state index in [0.717, 1.165) is 12.8 Å². The Morgan fingerprint density at radius 3 is 1.29 bits per heavy atom. The SMILES string of the molecule is CCCCCCCCCCC(CCCCCCCCC)C(=O)OC. The highest BCUT2D eigenvalue weighted by Crippen LogP contribution is 2.20. The summed E-state index contributed by atoms with van der Waals surface area (Å²) in [5.74, 6) is 0.162. The van der Waals surface area contributed by atoms with Gasteiger partial charge in [-0.1, -0.05) is 110 Å². The normalized spacial score (nSPS) is 12.3. The van der Waals surface area contributed by atoms with Crippen LogP contribution in [0.4, 0.5) is 0 Å². The number of carbonyl (C=O) groups is 1. The first-order chi connectivity index (χ1) is 11.8. The van der Waals surface area contributed by atoms with E-state index in [2.05, 4.69) is 13.8 Å². The predicted molar refractivity (Wildman–Crippen MR) is 105 cm³/mol. The second-order valence-electron chi connectivity index (χ2n) is 7.39. The van der Waals surface area contributed by atoms with Crippen LogP contribution in [0.25, 0.3) is 0 Å². The van der Waals surface area contributed by atoms with Crippen LogP contribution in [0.2, 0.25) is 0 Å². The van der Waals surface area contributed by atoms with E-state index in [-0.39, 0.29) is 11.9 Å². The maximum absolute atomic E-state index is 11.9. The van der Waals surface area contributed by atoms with Crippen molar-refractivity contribution < 1.29 is 9.53 Å². The molecular weight excluding hydrogens is 296 g/mol. The van der Waals surface area contributed by atoms with E-state index in [0.29, 0.717) is 0 Å². The lowest BCUT2D eigenvalue weighted by molar-refractivity contribution is -0.146. The molecule has 0 aliphatic heterocycles.